The molecule has 0 aliphatic heterocycles. The Bertz CT molecular complexity index is 427. The number of pyridine rings is 1. The van der Waals surface area contributed by atoms with E-state index in [9.17, 15) is 9.90 Å². The number of hydrogen-bond acceptors (Lipinski definition) is 3. The van der Waals surface area contributed by atoms with Gasteiger partial charge in [0, 0.05) is 36.5 Å². The van der Waals surface area contributed by atoms with E-state index in [0.717, 1.165) is 18.5 Å². The molecule has 17 heavy (non-hydrogen) atoms. The summed E-state index contributed by atoms with van der Waals surface area (Å²) in [6.45, 7) is 2.66. The highest BCUT2D eigenvalue weighted by Gasteiger charge is 2.43. The standard InChI is InChI=1S/C13H18N2O2/c1-10-7-11(3-6-14-10)12(17)15(2)8-13(9-16)4-5-13/h3,6-7,16H,4-5,8-9H2,1-2H3. The van der Waals surface area contributed by atoms with Gasteiger partial charge in [0.05, 0.1) is 6.61 Å². The van der Waals surface area contributed by atoms with Crippen molar-refractivity contribution in [1.29, 1.82) is 0 Å². The molecule has 92 valence electrons. The smallest absolute Gasteiger partial charge is 0.253 e. The molecule has 4 heteroatoms. The van der Waals surface area contributed by atoms with E-state index in [-0.39, 0.29) is 17.9 Å². The van der Waals surface area contributed by atoms with Gasteiger partial charge in [-0.15, -0.1) is 0 Å². The van der Waals surface area contributed by atoms with Crippen LogP contribution in [0.25, 0.3) is 0 Å². The van der Waals surface area contributed by atoms with Crippen molar-refractivity contribution in [3.63, 3.8) is 0 Å². The van der Waals surface area contributed by atoms with Crippen LogP contribution < -0.4 is 0 Å². The first-order valence-corrected chi connectivity index (χ1v) is 5.85. The van der Waals surface area contributed by atoms with Crippen LogP contribution in [0.1, 0.15) is 28.9 Å². The van der Waals surface area contributed by atoms with Crippen molar-refractivity contribution in [2.75, 3.05) is 20.2 Å². The van der Waals surface area contributed by atoms with Gasteiger partial charge in [-0.1, -0.05) is 0 Å². The quantitative estimate of drug-likeness (QED) is 0.852. The van der Waals surface area contributed by atoms with Gasteiger partial charge in [-0.2, -0.15) is 0 Å². The van der Waals surface area contributed by atoms with Gasteiger partial charge in [0.2, 0.25) is 0 Å². The summed E-state index contributed by atoms with van der Waals surface area (Å²) in [6, 6.07) is 3.52. The molecule has 0 atom stereocenters. The number of aromatic nitrogens is 1. The van der Waals surface area contributed by atoms with E-state index in [1.54, 1.807) is 30.3 Å². The zero-order valence-corrected chi connectivity index (χ0v) is 10.3. The van der Waals surface area contributed by atoms with E-state index in [1.807, 2.05) is 6.92 Å². The topological polar surface area (TPSA) is 53.4 Å². The summed E-state index contributed by atoms with van der Waals surface area (Å²) in [7, 11) is 1.79. The summed E-state index contributed by atoms with van der Waals surface area (Å²) >= 11 is 0. The molecule has 1 aliphatic rings. The molecule has 0 aromatic carbocycles. The minimum absolute atomic E-state index is 0.00442. The lowest BCUT2D eigenvalue weighted by Gasteiger charge is -2.22. The van der Waals surface area contributed by atoms with E-state index in [0.29, 0.717) is 12.1 Å². The van der Waals surface area contributed by atoms with Crippen molar-refractivity contribution in [2.45, 2.75) is 19.8 Å². The molecule has 0 bridgehead atoms. The lowest BCUT2D eigenvalue weighted by Crippen LogP contribution is -2.34. The highest BCUT2D eigenvalue weighted by atomic mass is 16.3. The Labute approximate surface area is 101 Å². The van der Waals surface area contributed by atoms with Gasteiger partial charge in [-0.25, -0.2) is 0 Å². The molecule has 0 unspecified atom stereocenters. The Morgan fingerprint density at radius 3 is 2.82 bits per heavy atom. The lowest BCUT2D eigenvalue weighted by molar-refractivity contribution is 0.0733. The van der Waals surface area contributed by atoms with Gasteiger partial charge in [-0.3, -0.25) is 9.78 Å². The predicted molar refractivity (Wildman–Crippen MR) is 64.7 cm³/mol. The van der Waals surface area contributed by atoms with Crippen LogP contribution in [0.15, 0.2) is 18.3 Å². The summed E-state index contributed by atoms with van der Waals surface area (Å²) in [4.78, 5) is 17.9. The summed E-state index contributed by atoms with van der Waals surface area (Å²) in [6.07, 6.45) is 3.67. The number of amides is 1. The van der Waals surface area contributed by atoms with E-state index in [2.05, 4.69) is 4.98 Å². The maximum Gasteiger partial charge on any atom is 0.253 e. The van der Waals surface area contributed by atoms with Gasteiger partial charge in [0.15, 0.2) is 0 Å². The molecule has 0 spiro atoms. The highest BCUT2D eigenvalue weighted by Crippen LogP contribution is 2.45. The Hall–Kier alpha value is -1.42. The monoisotopic (exact) mass is 234 g/mol. The van der Waals surface area contributed by atoms with Gasteiger partial charge in [-0.05, 0) is 31.9 Å². The number of carbonyl (C=O) groups is 1. The average molecular weight is 234 g/mol. The molecular formula is C13H18N2O2. The third-order valence-electron chi connectivity index (χ3n) is 3.36. The molecule has 1 saturated carbocycles. The number of aryl methyl sites for hydroxylation is 1. The van der Waals surface area contributed by atoms with Gasteiger partial charge < -0.3 is 10.0 Å². The molecule has 1 fully saturated rings. The van der Waals surface area contributed by atoms with Crippen molar-refractivity contribution in [3.8, 4) is 0 Å². The fraction of sp³-hybridized carbons (Fsp3) is 0.538. The zero-order chi connectivity index (χ0) is 12.5. The van der Waals surface area contributed by atoms with Gasteiger partial charge in [0.1, 0.15) is 0 Å². The molecule has 1 aliphatic carbocycles. The average Bonchev–Trinajstić information content (AvgIpc) is 3.08. The first-order chi connectivity index (χ1) is 8.06. The first-order valence-electron chi connectivity index (χ1n) is 5.85. The predicted octanol–water partition coefficient (Wildman–Crippen LogP) is 1.23. The van der Waals surface area contributed by atoms with Gasteiger partial charge >= 0.3 is 0 Å². The van der Waals surface area contributed by atoms with E-state index in [1.165, 1.54) is 0 Å². The fourth-order valence-corrected chi connectivity index (χ4v) is 2.02. The molecule has 1 N–H and O–H groups in total. The maximum atomic E-state index is 12.1. The molecule has 4 nitrogen and oxygen atoms in total. The van der Waals surface area contributed by atoms with Crippen LogP contribution in [0.5, 0.6) is 0 Å². The van der Waals surface area contributed by atoms with Crippen LogP contribution in [-0.2, 0) is 0 Å². The number of aliphatic hydroxyl groups is 1. The minimum atomic E-state index is -0.0352. The summed E-state index contributed by atoms with van der Waals surface area (Å²) in [5, 5.41) is 9.25. The molecule has 0 saturated heterocycles. The molecular weight excluding hydrogens is 216 g/mol. The van der Waals surface area contributed by atoms with E-state index >= 15 is 0 Å². The van der Waals surface area contributed by atoms with E-state index < -0.39 is 0 Å². The van der Waals surface area contributed by atoms with Crippen LogP contribution in [0.2, 0.25) is 0 Å². The summed E-state index contributed by atoms with van der Waals surface area (Å²) in [5.41, 5.74) is 1.47. The normalized spacial score (nSPS) is 16.6. The third-order valence-corrected chi connectivity index (χ3v) is 3.36. The van der Waals surface area contributed by atoms with Crippen LogP contribution >= 0.6 is 0 Å². The molecule has 1 heterocycles. The molecule has 1 amide bonds. The second kappa shape index (κ2) is 4.45. The summed E-state index contributed by atoms with van der Waals surface area (Å²) in [5.74, 6) is -0.00442. The van der Waals surface area contributed by atoms with Crippen molar-refractivity contribution < 1.29 is 9.90 Å². The SMILES string of the molecule is Cc1cc(C(=O)N(C)CC2(CO)CC2)ccn1. The largest absolute Gasteiger partial charge is 0.396 e. The van der Waals surface area contributed by atoms with Crippen molar-refractivity contribution in [3.05, 3.63) is 29.6 Å². The van der Waals surface area contributed by atoms with Crippen LogP contribution in [0, 0.1) is 12.3 Å². The third kappa shape index (κ3) is 2.64. The lowest BCUT2D eigenvalue weighted by atomic mass is 10.1. The molecule has 1 aromatic heterocycles. The Morgan fingerprint density at radius 1 is 1.59 bits per heavy atom. The summed E-state index contributed by atoms with van der Waals surface area (Å²) < 4.78 is 0. The van der Waals surface area contributed by atoms with Crippen molar-refractivity contribution in [2.24, 2.45) is 5.41 Å². The Balaban J connectivity index is 2.04. The number of aliphatic hydroxyl groups excluding tert-OH is 1. The number of carbonyl (C=O) groups excluding carboxylic acids is 1. The second-order valence-electron chi connectivity index (χ2n) is 5.01. The maximum absolute atomic E-state index is 12.1. The minimum Gasteiger partial charge on any atom is -0.396 e. The van der Waals surface area contributed by atoms with Crippen LogP contribution in [0.4, 0.5) is 0 Å². The number of rotatable bonds is 4. The van der Waals surface area contributed by atoms with E-state index in [4.69, 9.17) is 0 Å². The van der Waals surface area contributed by atoms with Crippen LogP contribution in [-0.4, -0.2) is 41.1 Å². The number of nitrogens with zero attached hydrogens (tertiary/aromatic N) is 2. The second-order valence-corrected chi connectivity index (χ2v) is 5.01. The molecule has 2 rings (SSSR count). The Morgan fingerprint density at radius 2 is 2.29 bits per heavy atom. The fourth-order valence-electron chi connectivity index (χ4n) is 2.02. The highest BCUT2D eigenvalue weighted by molar-refractivity contribution is 5.94. The number of hydrogen-bond donors (Lipinski definition) is 1. The zero-order valence-electron chi connectivity index (χ0n) is 10.3. The molecule has 1 aromatic rings. The first kappa shape index (κ1) is 12.0. The van der Waals surface area contributed by atoms with Crippen molar-refractivity contribution in [1.82, 2.24) is 9.88 Å². The van der Waals surface area contributed by atoms with Crippen LogP contribution in [0.3, 0.4) is 0 Å². The molecule has 0 radical (unpaired) electrons. The Kier molecular flexibility index (Phi) is 3.15. The van der Waals surface area contributed by atoms with Crippen molar-refractivity contribution >= 4 is 5.91 Å². The van der Waals surface area contributed by atoms with Gasteiger partial charge in [0.25, 0.3) is 5.91 Å².